The lowest BCUT2D eigenvalue weighted by Gasteiger charge is -2.16. The summed E-state index contributed by atoms with van der Waals surface area (Å²) in [6.07, 6.45) is -0.452. The van der Waals surface area contributed by atoms with Gasteiger partial charge in [0.1, 0.15) is 6.10 Å². The summed E-state index contributed by atoms with van der Waals surface area (Å²) in [4.78, 5) is 11.7. The molecule has 0 aliphatic heterocycles. The molecule has 0 aliphatic carbocycles. The van der Waals surface area contributed by atoms with Crippen LogP contribution >= 0.6 is 22.6 Å². The monoisotopic (exact) mass is 360 g/mol. The summed E-state index contributed by atoms with van der Waals surface area (Å²) in [6.45, 7) is 7.36. The Morgan fingerprint density at radius 1 is 1.56 bits per heavy atom. The third kappa shape index (κ3) is 4.10. The number of carbonyl (C=O) groups excluding carboxylic acids is 1. The number of rotatable bonds is 5. The van der Waals surface area contributed by atoms with E-state index in [-0.39, 0.29) is 11.7 Å². The number of carbonyl (C=O) groups is 1. The van der Waals surface area contributed by atoms with Gasteiger partial charge < -0.3 is 9.84 Å². The molecule has 3 nitrogen and oxygen atoms in total. The van der Waals surface area contributed by atoms with Crippen molar-refractivity contribution < 1.29 is 14.6 Å². The minimum atomic E-state index is -1.02. The van der Waals surface area contributed by atoms with Gasteiger partial charge in [-0.2, -0.15) is 0 Å². The second-order valence-corrected chi connectivity index (χ2v) is 5.35. The van der Waals surface area contributed by atoms with Crippen LogP contribution in [0.25, 0.3) is 0 Å². The molecule has 2 unspecified atom stereocenters. The van der Waals surface area contributed by atoms with Crippen molar-refractivity contribution >= 4 is 28.6 Å². The fraction of sp³-hybridized carbons (Fsp3) is 0.357. The third-order valence-corrected chi connectivity index (χ3v) is 3.31. The molecule has 0 spiro atoms. The van der Waals surface area contributed by atoms with E-state index in [1.807, 2.05) is 32.0 Å². The molecule has 0 aliphatic rings. The molecule has 0 saturated carbocycles. The summed E-state index contributed by atoms with van der Waals surface area (Å²) in [5.41, 5.74) is 0.713. The van der Waals surface area contributed by atoms with E-state index in [1.54, 1.807) is 6.07 Å². The van der Waals surface area contributed by atoms with E-state index in [4.69, 9.17) is 4.74 Å². The molecule has 0 heterocycles. The summed E-state index contributed by atoms with van der Waals surface area (Å²) in [7, 11) is 0. The van der Waals surface area contributed by atoms with E-state index in [0.717, 1.165) is 9.99 Å². The molecule has 2 atom stereocenters. The molecule has 1 aromatic rings. The van der Waals surface area contributed by atoms with Crippen molar-refractivity contribution in [1.29, 1.82) is 0 Å². The SMILES string of the molecule is C=C(C(=O)OC(C)CC)C(O)c1cccc(I)c1. The first kappa shape index (κ1) is 15.2. The lowest BCUT2D eigenvalue weighted by Crippen LogP contribution is -2.19. The van der Waals surface area contributed by atoms with Crippen LogP contribution < -0.4 is 0 Å². The van der Waals surface area contributed by atoms with Crippen LogP contribution in [0.4, 0.5) is 0 Å². The van der Waals surface area contributed by atoms with Gasteiger partial charge in [-0.15, -0.1) is 0 Å². The molecule has 1 N–H and O–H groups in total. The second kappa shape index (κ2) is 6.89. The van der Waals surface area contributed by atoms with Crippen molar-refractivity contribution in [2.24, 2.45) is 0 Å². The van der Waals surface area contributed by atoms with Gasteiger partial charge in [-0.1, -0.05) is 25.6 Å². The predicted octanol–water partition coefficient (Wildman–Crippen LogP) is 3.22. The lowest BCUT2D eigenvalue weighted by molar-refractivity contribution is -0.144. The summed E-state index contributed by atoms with van der Waals surface area (Å²) in [5.74, 6) is -0.546. The molecule has 1 rings (SSSR count). The topological polar surface area (TPSA) is 46.5 Å². The molecule has 4 heteroatoms. The van der Waals surface area contributed by atoms with Crippen LogP contribution in [0.15, 0.2) is 36.4 Å². The van der Waals surface area contributed by atoms with Gasteiger partial charge in [-0.25, -0.2) is 4.79 Å². The highest BCUT2D eigenvalue weighted by Gasteiger charge is 2.21. The van der Waals surface area contributed by atoms with E-state index < -0.39 is 12.1 Å². The van der Waals surface area contributed by atoms with Crippen molar-refractivity contribution in [3.8, 4) is 0 Å². The lowest BCUT2D eigenvalue weighted by atomic mass is 10.0. The third-order valence-electron chi connectivity index (χ3n) is 2.64. The highest BCUT2D eigenvalue weighted by atomic mass is 127. The molecule has 0 bridgehead atoms. The Hall–Kier alpha value is -0.880. The maximum Gasteiger partial charge on any atom is 0.336 e. The fourth-order valence-electron chi connectivity index (χ4n) is 1.33. The van der Waals surface area contributed by atoms with E-state index in [9.17, 15) is 9.90 Å². The largest absolute Gasteiger partial charge is 0.459 e. The van der Waals surface area contributed by atoms with Gasteiger partial charge in [0, 0.05) is 3.57 Å². The maximum atomic E-state index is 11.7. The highest BCUT2D eigenvalue weighted by molar-refractivity contribution is 14.1. The van der Waals surface area contributed by atoms with Crippen molar-refractivity contribution in [2.75, 3.05) is 0 Å². The Bertz CT molecular complexity index is 442. The van der Waals surface area contributed by atoms with Gasteiger partial charge in [0.2, 0.25) is 0 Å². The summed E-state index contributed by atoms with van der Waals surface area (Å²) >= 11 is 2.15. The number of esters is 1. The summed E-state index contributed by atoms with van der Waals surface area (Å²) < 4.78 is 6.13. The van der Waals surface area contributed by atoms with Crippen LogP contribution in [0.1, 0.15) is 31.9 Å². The van der Waals surface area contributed by atoms with Crippen LogP contribution in [-0.2, 0) is 9.53 Å². The maximum absolute atomic E-state index is 11.7. The minimum Gasteiger partial charge on any atom is -0.459 e. The van der Waals surface area contributed by atoms with E-state index in [0.29, 0.717) is 5.56 Å². The van der Waals surface area contributed by atoms with Gasteiger partial charge >= 0.3 is 5.97 Å². The normalized spacial score (nSPS) is 13.8. The molecule has 1 aromatic carbocycles. The first-order valence-corrected chi connectivity index (χ1v) is 6.86. The second-order valence-electron chi connectivity index (χ2n) is 4.11. The average molecular weight is 360 g/mol. The summed E-state index contributed by atoms with van der Waals surface area (Å²) in [6, 6.07) is 7.31. The zero-order valence-corrected chi connectivity index (χ0v) is 12.7. The molecule has 0 radical (unpaired) electrons. The first-order chi connectivity index (χ1) is 8.45. The van der Waals surface area contributed by atoms with Crippen LogP contribution in [0.3, 0.4) is 0 Å². The Balaban J connectivity index is 2.75. The Morgan fingerprint density at radius 2 is 2.22 bits per heavy atom. The molecular weight excluding hydrogens is 343 g/mol. The summed E-state index contributed by atoms with van der Waals surface area (Å²) in [5, 5.41) is 10.1. The number of aliphatic hydroxyl groups excluding tert-OH is 1. The van der Waals surface area contributed by atoms with E-state index >= 15 is 0 Å². The number of halogens is 1. The number of hydrogen-bond donors (Lipinski definition) is 1. The number of hydrogen-bond acceptors (Lipinski definition) is 3. The Labute approximate surface area is 121 Å². The van der Waals surface area contributed by atoms with Crippen molar-refractivity contribution in [3.05, 3.63) is 45.6 Å². The predicted molar refractivity (Wildman–Crippen MR) is 79.1 cm³/mol. The van der Waals surface area contributed by atoms with Crippen molar-refractivity contribution in [3.63, 3.8) is 0 Å². The highest BCUT2D eigenvalue weighted by Crippen LogP contribution is 2.23. The first-order valence-electron chi connectivity index (χ1n) is 5.79. The van der Waals surface area contributed by atoms with Crippen molar-refractivity contribution in [2.45, 2.75) is 32.5 Å². The molecular formula is C14H17IO3. The van der Waals surface area contributed by atoms with Gasteiger partial charge in [-0.3, -0.25) is 0 Å². The molecule has 0 saturated heterocycles. The molecule has 0 aromatic heterocycles. The molecule has 0 fully saturated rings. The zero-order chi connectivity index (χ0) is 13.7. The van der Waals surface area contributed by atoms with Crippen LogP contribution in [0.5, 0.6) is 0 Å². The molecule has 98 valence electrons. The van der Waals surface area contributed by atoms with Gasteiger partial charge in [0.25, 0.3) is 0 Å². The van der Waals surface area contributed by atoms with E-state index in [2.05, 4.69) is 29.2 Å². The fourth-order valence-corrected chi connectivity index (χ4v) is 1.90. The van der Waals surface area contributed by atoms with E-state index in [1.165, 1.54) is 0 Å². The minimum absolute atomic E-state index is 0.0669. The van der Waals surface area contributed by atoms with Gasteiger partial charge in [0.15, 0.2) is 0 Å². The van der Waals surface area contributed by atoms with Crippen LogP contribution in [-0.4, -0.2) is 17.2 Å². The number of ether oxygens (including phenoxy) is 1. The van der Waals surface area contributed by atoms with Crippen LogP contribution in [0.2, 0.25) is 0 Å². The van der Waals surface area contributed by atoms with Crippen LogP contribution in [0, 0.1) is 3.57 Å². The van der Waals surface area contributed by atoms with Gasteiger partial charge in [-0.05, 0) is 53.6 Å². The quantitative estimate of drug-likeness (QED) is 0.498. The standard InChI is InChI=1S/C14H17IO3/c1-4-9(2)18-14(17)10(3)13(16)11-6-5-7-12(15)8-11/h5-9,13,16H,3-4H2,1-2H3. The Kier molecular flexibility index (Phi) is 5.81. The smallest absolute Gasteiger partial charge is 0.336 e. The number of benzene rings is 1. The number of aliphatic hydroxyl groups is 1. The average Bonchev–Trinajstić information content (AvgIpc) is 2.36. The Morgan fingerprint density at radius 3 is 2.78 bits per heavy atom. The zero-order valence-electron chi connectivity index (χ0n) is 10.5. The molecule has 18 heavy (non-hydrogen) atoms. The van der Waals surface area contributed by atoms with Gasteiger partial charge in [0.05, 0.1) is 11.7 Å². The van der Waals surface area contributed by atoms with Crippen molar-refractivity contribution in [1.82, 2.24) is 0 Å². The molecule has 0 amide bonds.